The fraction of sp³-hybridized carbons (Fsp3) is 0.585. The number of anilines is 2. The van der Waals surface area contributed by atoms with Gasteiger partial charge in [-0.2, -0.15) is 0 Å². The maximum Gasteiger partial charge on any atom is 0.260 e. The quantitative estimate of drug-likeness (QED) is 0.0282. The lowest BCUT2D eigenvalue weighted by Gasteiger charge is -2.19. The fourth-order valence-electron chi connectivity index (χ4n) is 13.9. The van der Waals surface area contributed by atoms with E-state index in [2.05, 4.69) is 139 Å². The van der Waals surface area contributed by atoms with Crippen LogP contribution in [0.3, 0.4) is 0 Å². The molecule has 8 rings (SSSR count). The summed E-state index contributed by atoms with van der Waals surface area (Å²) in [6.07, 6.45) is 46.1. The van der Waals surface area contributed by atoms with Crippen LogP contribution in [0.15, 0.2) is 97.1 Å². The van der Waals surface area contributed by atoms with E-state index < -0.39 is 0 Å². The summed E-state index contributed by atoms with van der Waals surface area (Å²) in [5, 5.41) is 2.41. The number of ether oxygens (including phenoxy) is 2. The molecule has 0 spiro atoms. The van der Waals surface area contributed by atoms with Crippen molar-refractivity contribution in [2.45, 2.75) is 273 Å². The zero-order valence-electron chi connectivity index (χ0n) is 57.0. The first-order valence-electron chi connectivity index (χ1n) is 36.7. The van der Waals surface area contributed by atoms with Crippen molar-refractivity contribution in [2.75, 3.05) is 36.1 Å². The molecule has 0 bridgehead atoms. The molecule has 2 aliphatic heterocycles. The van der Waals surface area contributed by atoms with E-state index in [0.717, 1.165) is 86.8 Å². The van der Waals surface area contributed by atoms with Gasteiger partial charge in [0.1, 0.15) is 11.5 Å². The molecule has 0 saturated carbocycles. The topological polar surface area (TPSA) is 59.1 Å². The molecule has 2 amide bonds. The van der Waals surface area contributed by atoms with Gasteiger partial charge in [0.2, 0.25) is 0 Å². The lowest BCUT2D eigenvalue weighted by atomic mass is 9.94. The molecule has 6 aromatic rings. The number of thiophene rings is 2. The van der Waals surface area contributed by atoms with Crippen molar-refractivity contribution >= 4 is 67.8 Å². The number of carbonyl (C=O) groups is 2. The molecule has 6 nitrogen and oxygen atoms in total. The van der Waals surface area contributed by atoms with Crippen LogP contribution >= 0.6 is 22.7 Å². The standard InChI is InChI=1S/C82H116N2O4S2/c1-7-11-15-19-23-25-29-33-39-67(37-31-27-21-17-13-9-3)61-87-72-51-44-65(45-52-72)41-35-55-83-74-58-64(6)89-79(74)77(81(83)85)78-80-75(60-76(90-80)71-50-49-69-57-63(5)43-48-70(69)59-71)84(82(78)86)56-36-42-66-46-53-73(54-47-66)88-62-68(38-32-28-22-18-14-10-4)40-34-30-26-24-20-16-12-8-2/h43-54,57-60,67-68H,7-42,55-56,61-62H2,1-6H3/b78-77+. The normalized spacial score (nSPS) is 14.6. The number of hydrogen-bond donors (Lipinski definition) is 0. The number of carbonyl (C=O) groups excluding carboxylic acids is 2. The number of aryl methyl sites for hydroxylation is 4. The number of amides is 2. The summed E-state index contributed by atoms with van der Waals surface area (Å²) in [6, 6.07) is 35.1. The Labute approximate surface area is 554 Å². The minimum absolute atomic E-state index is 0.0566. The number of rotatable bonds is 47. The monoisotopic (exact) mass is 1260 g/mol. The molecule has 0 fully saturated rings. The second-order valence-electron chi connectivity index (χ2n) is 27.1. The maximum atomic E-state index is 15.2. The highest BCUT2D eigenvalue weighted by atomic mass is 32.1. The largest absolute Gasteiger partial charge is 0.493 e. The zero-order valence-corrected chi connectivity index (χ0v) is 58.7. The Morgan fingerprint density at radius 1 is 0.389 bits per heavy atom. The third-order valence-corrected chi connectivity index (χ3v) is 21.7. The third-order valence-electron chi connectivity index (χ3n) is 19.4. The van der Waals surface area contributed by atoms with Gasteiger partial charge in [-0.25, -0.2) is 0 Å². The summed E-state index contributed by atoms with van der Waals surface area (Å²) in [5.41, 5.74) is 7.84. The van der Waals surface area contributed by atoms with Gasteiger partial charge in [0, 0.05) is 22.8 Å². The van der Waals surface area contributed by atoms with Gasteiger partial charge in [-0.05, 0) is 147 Å². The van der Waals surface area contributed by atoms with Gasteiger partial charge >= 0.3 is 0 Å². The molecule has 2 unspecified atom stereocenters. The first kappa shape index (κ1) is 70.7. The van der Waals surface area contributed by atoms with Gasteiger partial charge in [0.25, 0.3) is 11.8 Å². The molecule has 0 aliphatic carbocycles. The maximum absolute atomic E-state index is 15.2. The summed E-state index contributed by atoms with van der Waals surface area (Å²) in [6.45, 7) is 16.2. The number of nitrogens with zero attached hydrogens (tertiary/aromatic N) is 2. The average molecular weight is 1260 g/mol. The SMILES string of the molecule is CCCCCCCCCCC(CCCCCCCC)COc1ccc(CCCN2C(=O)/C(=C3/C(=O)N(CCCc4ccc(OCC(CCCCCCCC)CCCCCCCCCC)cc4)c4cc(-c5ccc6cc(C)ccc6c5)sc43)c3sc(C)cc32)cc1. The van der Waals surface area contributed by atoms with Crippen LogP contribution in [0.5, 0.6) is 11.5 Å². The third kappa shape index (κ3) is 22.0. The zero-order chi connectivity index (χ0) is 63.1. The minimum atomic E-state index is -0.0607. The summed E-state index contributed by atoms with van der Waals surface area (Å²) < 4.78 is 13.1. The van der Waals surface area contributed by atoms with Gasteiger partial charge in [-0.3, -0.25) is 9.59 Å². The van der Waals surface area contributed by atoms with Crippen LogP contribution in [0.1, 0.15) is 277 Å². The fourth-order valence-corrected chi connectivity index (χ4v) is 16.1. The number of fused-ring (bicyclic) bond motifs is 3. The summed E-state index contributed by atoms with van der Waals surface area (Å²) in [7, 11) is 0. The van der Waals surface area contributed by atoms with Gasteiger partial charge in [-0.15, -0.1) is 22.7 Å². The second kappa shape index (κ2) is 39.4. The molecule has 2 aliphatic rings. The minimum Gasteiger partial charge on any atom is -0.493 e. The highest BCUT2D eigenvalue weighted by molar-refractivity contribution is 7.18. The molecule has 2 atom stereocenters. The van der Waals surface area contributed by atoms with Crippen molar-refractivity contribution in [3.05, 3.63) is 128 Å². The molecular formula is C82H116N2O4S2. The predicted octanol–water partition coefficient (Wildman–Crippen LogP) is 24.7. The van der Waals surface area contributed by atoms with E-state index in [1.807, 2.05) is 9.80 Å². The van der Waals surface area contributed by atoms with E-state index in [-0.39, 0.29) is 11.8 Å². The van der Waals surface area contributed by atoms with Crippen LogP contribution in [-0.2, 0) is 22.4 Å². The Kier molecular flexibility index (Phi) is 30.9. The van der Waals surface area contributed by atoms with Crippen molar-refractivity contribution in [1.29, 1.82) is 0 Å². The van der Waals surface area contributed by atoms with Crippen LogP contribution in [-0.4, -0.2) is 38.1 Å². The van der Waals surface area contributed by atoms with Gasteiger partial charge in [-0.1, -0.05) is 268 Å². The molecule has 8 heteroatoms. The van der Waals surface area contributed by atoms with Crippen LogP contribution < -0.4 is 19.3 Å². The van der Waals surface area contributed by atoms with E-state index in [1.54, 1.807) is 22.7 Å². The Balaban J connectivity index is 0.902. The Bertz CT molecular complexity index is 3080. The molecular weight excluding hydrogens is 1140 g/mol. The number of unbranched alkanes of at least 4 members (excludes halogenated alkanes) is 24. The number of hydrogen-bond acceptors (Lipinski definition) is 6. The molecule has 0 saturated heterocycles. The molecule has 0 radical (unpaired) electrons. The summed E-state index contributed by atoms with van der Waals surface area (Å²) in [5.74, 6) is 3.00. The molecule has 90 heavy (non-hydrogen) atoms. The first-order valence-corrected chi connectivity index (χ1v) is 38.4. The lowest BCUT2D eigenvalue weighted by Crippen LogP contribution is -2.30. The Morgan fingerprint density at radius 3 is 1.20 bits per heavy atom. The van der Waals surface area contributed by atoms with Gasteiger partial charge in [0.15, 0.2) is 0 Å². The van der Waals surface area contributed by atoms with E-state index in [0.29, 0.717) is 36.1 Å². The summed E-state index contributed by atoms with van der Waals surface area (Å²) >= 11 is 3.30. The van der Waals surface area contributed by atoms with Gasteiger partial charge in [0.05, 0.1) is 45.5 Å². The highest BCUT2D eigenvalue weighted by Crippen LogP contribution is 2.53. The van der Waals surface area contributed by atoms with Crippen LogP contribution in [0.25, 0.3) is 32.4 Å². The lowest BCUT2D eigenvalue weighted by molar-refractivity contribution is -0.114. The molecule has 0 N–H and O–H groups in total. The smallest absolute Gasteiger partial charge is 0.260 e. The Hall–Kier alpha value is -5.18. The first-order chi connectivity index (χ1) is 44.2. The molecule has 4 heterocycles. The summed E-state index contributed by atoms with van der Waals surface area (Å²) in [4.78, 5) is 38.3. The average Bonchev–Trinajstić information content (AvgIpc) is 1.57. The van der Waals surface area contributed by atoms with Gasteiger partial charge < -0.3 is 19.3 Å². The predicted molar refractivity (Wildman–Crippen MR) is 391 cm³/mol. The second-order valence-corrected chi connectivity index (χ2v) is 29.4. The molecule has 4 aromatic carbocycles. The van der Waals surface area contributed by atoms with Crippen molar-refractivity contribution in [2.24, 2.45) is 11.8 Å². The van der Waals surface area contributed by atoms with Crippen molar-refractivity contribution in [1.82, 2.24) is 0 Å². The van der Waals surface area contributed by atoms with E-state index in [1.165, 1.54) is 233 Å². The van der Waals surface area contributed by atoms with Crippen molar-refractivity contribution < 1.29 is 19.1 Å². The highest BCUT2D eigenvalue weighted by Gasteiger charge is 2.44. The molecule has 490 valence electrons. The van der Waals surface area contributed by atoms with Crippen LogP contribution in [0, 0.1) is 25.7 Å². The van der Waals surface area contributed by atoms with Crippen LogP contribution in [0.2, 0.25) is 0 Å². The van der Waals surface area contributed by atoms with Crippen molar-refractivity contribution in [3.63, 3.8) is 0 Å². The van der Waals surface area contributed by atoms with E-state index >= 15 is 9.59 Å². The van der Waals surface area contributed by atoms with E-state index in [4.69, 9.17) is 9.47 Å². The van der Waals surface area contributed by atoms with Crippen molar-refractivity contribution in [3.8, 4) is 21.9 Å². The Morgan fingerprint density at radius 2 is 0.767 bits per heavy atom. The number of benzene rings is 4. The molecule has 2 aromatic heterocycles. The van der Waals surface area contributed by atoms with E-state index in [9.17, 15) is 0 Å². The van der Waals surface area contributed by atoms with Crippen LogP contribution in [0.4, 0.5) is 11.4 Å².